The van der Waals surface area contributed by atoms with Crippen LogP contribution in [0.5, 0.6) is 0 Å². The number of halogens is 2. The van der Waals surface area contributed by atoms with Gasteiger partial charge in [-0.15, -0.1) is 11.8 Å². The molecule has 1 saturated heterocycles. The largest absolute Gasteiger partial charge is 0.299 e. The number of nitrogens with one attached hydrogen (secondary N) is 1. The van der Waals surface area contributed by atoms with Crippen LogP contribution in [0.3, 0.4) is 0 Å². The van der Waals surface area contributed by atoms with Crippen LogP contribution in [0.2, 0.25) is 5.02 Å². The molecule has 1 fully saturated rings. The van der Waals surface area contributed by atoms with Crippen molar-refractivity contribution in [1.82, 2.24) is 5.32 Å². The second kappa shape index (κ2) is 5.09. The molecule has 1 N–H and O–H groups in total. The van der Waals surface area contributed by atoms with E-state index >= 15 is 0 Å². The number of thioether (sulfide) groups is 1. The molecule has 82 valence electrons. The van der Waals surface area contributed by atoms with Gasteiger partial charge in [-0.3, -0.25) is 5.32 Å². The smallest absolute Gasteiger partial charge is 0.0802 e. The van der Waals surface area contributed by atoms with E-state index in [1.54, 1.807) is 0 Å². The van der Waals surface area contributed by atoms with Crippen molar-refractivity contribution >= 4 is 39.3 Å². The van der Waals surface area contributed by atoms with E-state index in [1.165, 1.54) is 17.7 Å². The highest BCUT2D eigenvalue weighted by atomic mass is 79.9. The van der Waals surface area contributed by atoms with Gasteiger partial charge in [0.05, 0.1) is 5.37 Å². The summed E-state index contributed by atoms with van der Waals surface area (Å²) >= 11 is 11.4. The van der Waals surface area contributed by atoms with Crippen LogP contribution in [0.25, 0.3) is 0 Å². The lowest BCUT2D eigenvalue weighted by Gasteiger charge is -2.29. The predicted octanol–water partition coefficient (Wildman–Crippen LogP) is 4.22. The van der Waals surface area contributed by atoms with Crippen molar-refractivity contribution in [3.63, 3.8) is 0 Å². The lowest BCUT2D eigenvalue weighted by Crippen LogP contribution is -2.33. The van der Waals surface area contributed by atoms with Crippen LogP contribution >= 0.6 is 39.3 Å². The Hall–Kier alpha value is 0.300. The van der Waals surface area contributed by atoms with E-state index in [4.69, 9.17) is 11.6 Å². The second-order valence-corrected chi connectivity index (χ2v) is 6.28. The summed E-state index contributed by atoms with van der Waals surface area (Å²) in [5.74, 6) is 1.22. The molecule has 2 rings (SSSR count). The molecule has 15 heavy (non-hydrogen) atoms. The minimum Gasteiger partial charge on any atom is -0.299 e. The summed E-state index contributed by atoms with van der Waals surface area (Å²) in [6.45, 7) is 2.23. The average molecular weight is 307 g/mol. The molecule has 2 unspecified atom stereocenters. The van der Waals surface area contributed by atoms with Gasteiger partial charge in [0.25, 0.3) is 0 Å². The van der Waals surface area contributed by atoms with Crippen LogP contribution in [-0.2, 0) is 0 Å². The molecule has 1 aliphatic rings. The molecule has 0 bridgehead atoms. The monoisotopic (exact) mass is 305 g/mol. The van der Waals surface area contributed by atoms with Crippen molar-refractivity contribution in [2.45, 2.75) is 24.8 Å². The molecule has 0 saturated carbocycles. The predicted molar refractivity (Wildman–Crippen MR) is 71.6 cm³/mol. The summed E-state index contributed by atoms with van der Waals surface area (Å²) in [4.78, 5) is 0. The van der Waals surface area contributed by atoms with Crippen LogP contribution in [0, 0.1) is 0 Å². The first kappa shape index (κ1) is 11.8. The van der Waals surface area contributed by atoms with Crippen LogP contribution in [0.1, 0.15) is 24.3 Å². The SMILES string of the molecule is CC1CCSC(c2ccc(Cl)cc2Br)N1. The fraction of sp³-hybridized carbons (Fsp3) is 0.455. The molecule has 1 aromatic rings. The molecule has 0 spiro atoms. The summed E-state index contributed by atoms with van der Waals surface area (Å²) in [5, 5.41) is 4.75. The molecule has 0 radical (unpaired) electrons. The Morgan fingerprint density at radius 1 is 1.53 bits per heavy atom. The Kier molecular flexibility index (Phi) is 3.99. The Balaban J connectivity index is 2.21. The molecule has 1 aromatic carbocycles. The standard InChI is InChI=1S/C11H13BrClNS/c1-7-4-5-15-11(14-7)9-3-2-8(13)6-10(9)12/h2-3,6-7,11,14H,4-5H2,1H3. The topological polar surface area (TPSA) is 12.0 Å². The highest BCUT2D eigenvalue weighted by Gasteiger charge is 2.21. The van der Waals surface area contributed by atoms with E-state index in [9.17, 15) is 0 Å². The summed E-state index contributed by atoms with van der Waals surface area (Å²) in [7, 11) is 0. The van der Waals surface area contributed by atoms with Crippen LogP contribution < -0.4 is 5.32 Å². The van der Waals surface area contributed by atoms with Crippen molar-refractivity contribution in [3.05, 3.63) is 33.3 Å². The van der Waals surface area contributed by atoms with Crippen molar-refractivity contribution < 1.29 is 0 Å². The van der Waals surface area contributed by atoms with Gasteiger partial charge in [-0.25, -0.2) is 0 Å². The molecule has 0 aliphatic carbocycles. The highest BCUT2D eigenvalue weighted by molar-refractivity contribution is 9.10. The van der Waals surface area contributed by atoms with Crippen LogP contribution in [-0.4, -0.2) is 11.8 Å². The van der Waals surface area contributed by atoms with Gasteiger partial charge in [0, 0.05) is 15.5 Å². The van der Waals surface area contributed by atoms with E-state index in [2.05, 4.69) is 34.2 Å². The van der Waals surface area contributed by atoms with Crippen LogP contribution in [0.15, 0.2) is 22.7 Å². The number of hydrogen-bond donors (Lipinski definition) is 1. The van der Waals surface area contributed by atoms with E-state index in [1.807, 2.05) is 23.9 Å². The molecule has 4 heteroatoms. The second-order valence-electron chi connectivity index (χ2n) is 3.77. The minimum atomic E-state index is 0.389. The number of rotatable bonds is 1. The Labute approximate surface area is 108 Å². The van der Waals surface area contributed by atoms with Gasteiger partial charge >= 0.3 is 0 Å². The van der Waals surface area contributed by atoms with Gasteiger partial charge in [-0.05, 0) is 36.8 Å². The molecule has 1 heterocycles. The quantitative estimate of drug-likeness (QED) is 0.834. The normalized spacial score (nSPS) is 26.6. The van der Waals surface area contributed by atoms with Gasteiger partial charge in [0.1, 0.15) is 0 Å². The highest BCUT2D eigenvalue weighted by Crippen LogP contribution is 2.36. The number of benzene rings is 1. The molecule has 2 atom stereocenters. The van der Waals surface area contributed by atoms with Gasteiger partial charge in [0.15, 0.2) is 0 Å². The fourth-order valence-electron chi connectivity index (χ4n) is 1.65. The molecule has 0 amide bonds. The van der Waals surface area contributed by atoms with E-state index in [-0.39, 0.29) is 0 Å². The Morgan fingerprint density at radius 2 is 2.33 bits per heavy atom. The summed E-state index contributed by atoms with van der Waals surface area (Å²) < 4.78 is 1.09. The van der Waals surface area contributed by atoms with Crippen molar-refractivity contribution in [2.75, 3.05) is 5.75 Å². The summed E-state index contributed by atoms with van der Waals surface area (Å²) in [6, 6.07) is 6.59. The van der Waals surface area contributed by atoms with Gasteiger partial charge in [-0.1, -0.05) is 33.6 Å². The van der Waals surface area contributed by atoms with E-state index in [0.29, 0.717) is 11.4 Å². The molecular formula is C11H13BrClNS. The van der Waals surface area contributed by atoms with Gasteiger partial charge in [0.2, 0.25) is 0 Å². The van der Waals surface area contributed by atoms with Crippen molar-refractivity contribution in [3.8, 4) is 0 Å². The maximum absolute atomic E-state index is 5.93. The lowest BCUT2D eigenvalue weighted by molar-refractivity contribution is 0.511. The molecular weight excluding hydrogens is 294 g/mol. The Bertz CT molecular complexity index is 358. The van der Waals surface area contributed by atoms with E-state index < -0.39 is 0 Å². The third-order valence-electron chi connectivity index (χ3n) is 2.52. The van der Waals surface area contributed by atoms with Gasteiger partial charge in [-0.2, -0.15) is 0 Å². The molecule has 1 nitrogen and oxygen atoms in total. The maximum Gasteiger partial charge on any atom is 0.0802 e. The first-order valence-electron chi connectivity index (χ1n) is 4.99. The zero-order valence-corrected chi connectivity index (χ0v) is 11.6. The van der Waals surface area contributed by atoms with E-state index in [0.717, 1.165) is 9.50 Å². The van der Waals surface area contributed by atoms with Gasteiger partial charge < -0.3 is 0 Å². The lowest BCUT2D eigenvalue weighted by atomic mass is 10.2. The average Bonchev–Trinajstić information content (AvgIpc) is 2.17. The fourth-order valence-corrected chi connectivity index (χ4v) is 4.15. The minimum absolute atomic E-state index is 0.389. The first-order chi connectivity index (χ1) is 7.16. The van der Waals surface area contributed by atoms with Crippen LogP contribution in [0.4, 0.5) is 0 Å². The molecule has 1 aliphatic heterocycles. The summed E-state index contributed by atoms with van der Waals surface area (Å²) in [6.07, 6.45) is 1.24. The zero-order valence-electron chi connectivity index (χ0n) is 8.47. The summed E-state index contributed by atoms with van der Waals surface area (Å²) in [5.41, 5.74) is 1.29. The third kappa shape index (κ3) is 2.90. The Morgan fingerprint density at radius 3 is 3.00 bits per heavy atom. The van der Waals surface area contributed by atoms with Crippen molar-refractivity contribution in [2.24, 2.45) is 0 Å². The number of hydrogen-bond acceptors (Lipinski definition) is 2. The maximum atomic E-state index is 5.93. The zero-order chi connectivity index (χ0) is 10.8. The first-order valence-corrected chi connectivity index (χ1v) is 7.21. The van der Waals surface area contributed by atoms with Crippen molar-refractivity contribution in [1.29, 1.82) is 0 Å². The third-order valence-corrected chi connectivity index (χ3v) is 4.63. The molecule has 0 aromatic heterocycles.